The zero-order valence-electron chi connectivity index (χ0n) is 36.4. The maximum atomic E-state index is 10.8. The lowest BCUT2D eigenvalue weighted by atomic mass is 9.55. The molecule has 11 rings (SSSR count). The Morgan fingerprint density at radius 1 is 0.623 bits per heavy atom. The van der Waals surface area contributed by atoms with Gasteiger partial charge in [0.1, 0.15) is 48.3 Å². The van der Waals surface area contributed by atoms with Gasteiger partial charge in [0.05, 0.1) is 37.7 Å². The number of nitrogens with zero attached hydrogens (tertiary/aromatic N) is 6. The average molecular weight is 833 g/mol. The maximum Gasteiger partial charge on any atom is 0.163 e. The number of benzene rings is 2. The van der Waals surface area contributed by atoms with Crippen molar-refractivity contribution in [2.24, 2.45) is 34.5 Å². The van der Waals surface area contributed by atoms with Crippen LogP contribution in [0.2, 0.25) is 0 Å². The van der Waals surface area contributed by atoms with Gasteiger partial charge in [-0.1, -0.05) is 36.4 Å². The van der Waals surface area contributed by atoms with Gasteiger partial charge in [-0.15, -0.1) is 10.2 Å². The van der Waals surface area contributed by atoms with Gasteiger partial charge in [0.15, 0.2) is 5.79 Å². The largest absolute Gasteiger partial charge is 0.487 e. The molecule has 1 aliphatic heterocycles. The second-order valence-electron chi connectivity index (χ2n) is 21.0. The van der Waals surface area contributed by atoms with Crippen molar-refractivity contribution in [2.45, 2.75) is 173 Å². The van der Waals surface area contributed by atoms with Crippen LogP contribution in [0.4, 0.5) is 0 Å². The molecule has 5 fully saturated rings. The van der Waals surface area contributed by atoms with E-state index >= 15 is 0 Å². The minimum atomic E-state index is -0.751. The van der Waals surface area contributed by atoms with Crippen LogP contribution in [0.25, 0.3) is 0 Å². The number of hydrogen-bond donors (Lipinski definition) is 2. The molecule has 0 spiro atoms. The molecule has 61 heavy (non-hydrogen) atoms. The monoisotopic (exact) mass is 832 g/mol. The quantitative estimate of drug-likeness (QED) is 0.164. The van der Waals surface area contributed by atoms with E-state index in [1.54, 1.807) is 0 Å². The smallest absolute Gasteiger partial charge is 0.163 e. The molecule has 2 N–H and O–H groups in total. The summed E-state index contributed by atoms with van der Waals surface area (Å²) in [6.45, 7) is 10.2. The fourth-order valence-electron chi connectivity index (χ4n) is 14.1. The summed E-state index contributed by atoms with van der Waals surface area (Å²) in [5, 5.41) is 39.3. The Hall–Kier alpha value is -3.84. The van der Waals surface area contributed by atoms with Gasteiger partial charge < -0.3 is 29.2 Å². The molecule has 7 aliphatic rings. The highest BCUT2D eigenvalue weighted by molar-refractivity contribution is 5.42. The van der Waals surface area contributed by atoms with Crippen LogP contribution >= 0.6 is 0 Å². The van der Waals surface area contributed by atoms with E-state index in [9.17, 15) is 10.2 Å². The van der Waals surface area contributed by atoms with Gasteiger partial charge in [-0.2, -0.15) is 0 Å². The van der Waals surface area contributed by atoms with Crippen molar-refractivity contribution in [3.8, 4) is 11.5 Å². The Labute approximate surface area is 359 Å². The summed E-state index contributed by atoms with van der Waals surface area (Å²) in [5.41, 5.74) is 7.52. The molecule has 1 saturated heterocycles. The van der Waals surface area contributed by atoms with Gasteiger partial charge in [-0.25, -0.2) is 9.36 Å². The lowest BCUT2D eigenvalue weighted by Gasteiger charge is -2.50. The van der Waals surface area contributed by atoms with Crippen LogP contribution in [-0.4, -0.2) is 70.4 Å². The third-order valence-electron chi connectivity index (χ3n) is 17.3. The zero-order valence-corrected chi connectivity index (χ0v) is 36.4. The van der Waals surface area contributed by atoms with Crippen molar-refractivity contribution in [1.82, 2.24) is 30.0 Å². The Morgan fingerprint density at radius 3 is 1.54 bits per heavy atom. The summed E-state index contributed by atoms with van der Waals surface area (Å²) in [6.07, 6.45) is 16.4. The van der Waals surface area contributed by atoms with Crippen LogP contribution in [0.5, 0.6) is 11.5 Å². The van der Waals surface area contributed by atoms with E-state index in [4.69, 9.17) is 18.9 Å². The summed E-state index contributed by atoms with van der Waals surface area (Å²) in [7, 11) is 0. The van der Waals surface area contributed by atoms with Crippen LogP contribution in [0.1, 0.15) is 137 Å². The normalized spacial score (nSPS) is 37.0. The van der Waals surface area contributed by atoms with E-state index in [0.29, 0.717) is 61.8 Å². The Bertz CT molecular complexity index is 2100. The topological polar surface area (TPSA) is 139 Å². The molecule has 12 nitrogen and oxygen atoms in total. The number of ether oxygens (including phenoxy) is 4. The molecule has 4 saturated carbocycles. The highest BCUT2D eigenvalue weighted by Gasteiger charge is 2.56. The van der Waals surface area contributed by atoms with E-state index in [0.717, 1.165) is 61.4 Å². The van der Waals surface area contributed by atoms with E-state index in [1.165, 1.54) is 60.8 Å². The predicted octanol–water partition coefficient (Wildman–Crippen LogP) is 7.68. The van der Waals surface area contributed by atoms with Crippen LogP contribution in [0, 0.1) is 34.5 Å². The van der Waals surface area contributed by atoms with Crippen molar-refractivity contribution in [2.75, 3.05) is 0 Å². The van der Waals surface area contributed by atoms with Crippen molar-refractivity contribution in [3.63, 3.8) is 0 Å². The lowest BCUT2D eigenvalue weighted by molar-refractivity contribution is -0.148. The van der Waals surface area contributed by atoms with Gasteiger partial charge in [0, 0.05) is 0 Å². The molecule has 12 heteroatoms. The predicted molar refractivity (Wildman–Crippen MR) is 227 cm³/mol. The minimum Gasteiger partial charge on any atom is -0.487 e. The third kappa shape index (κ3) is 7.12. The van der Waals surface area contributed by atoms with Gasteiger partial charge in [-0.3, -0.25) is 0 Å². The second-order valence-corrected chi connectivity index (χ2v) is 21.0. The lowest BCUT2D eigenvalue weighted by Crippen LogP contribution is -2.43. The SMILES string of the molecule is CC1(C)O[C@@H](Cn2cc(COc3ccc4c(c3)CC[C@@H]3[C@@H]4CC[C@]4(C)[C@@H](O)CC[C@@H]34)nn2)[C@H](Cn2cc(COc3ccc4c(c3)CC[C@@H]3[C@@H]4CC[C@]4(C)[C@@H](O)CC[C@@H]34)nn2)O1. The molecule has 12 atom stereocenters. The van der Waals surface area contributed by atoms with Crippen LogP contribution in [-0.2, 0) is 48.6 Å². The van der Waals surface area contributed by atoms with Crippen LogP contribution in [0.15, 0.2) is 48.8 Å². The summed E-state index contributed by atoms with van der Waals surface area (Å²) in [6, 6.07) is 13.3. The highest BCUT2D eigenvalue weighted by Crippen LogP contribution is 2.62. The molecule has 6 aliphatic carbocycles. The Kier molecular flexibility index (Phi) is 9.93. The number of aromatic nitrogens is 6. The fraction of sp³-hybridized carbons (Fsp3) is 0.673. The first-order valence-electron chi connectivity index (χ1n) is 23.4. The summed E-state index contributed by atoms with van der Waals surface area (Å²) in [5.74, 6) is 4.80. The van der Waals surface area contributed by atoms with Gasteiger partial charge in [0.2, 0.25) is 0 Å². The van der Waals surface area contributed by atoms with E-state index < -0.39 is 5.79 Å². The molecule has 0 radical (unpaired) electrons. The molecule has 2 aromatic heterocycles. The van der Waals surface area contributed by atoms with Crippen molar-refractivity contribution in [3.05, 3.63) is 82.4 Å². The van der Waals surface area contributed by atoms with E-state index in [2.05, 4.69) is 70.9 Å². The Balaban J connectivity index is 0.679. The number of hydrogen-bond acceptors (Lipinski definition) is 10. The molecule has 2 aromatic carbocycles. The standard InChI is InChI=1S/C49H64N6O6/c1-47(2)60-43(25-54-23-31(50-52-54)27-58-33-7-11-35-29(21-33)5-9-39-37(35)17-19-48(3)41(39)13-15-45(48)56)44(61-47)26-55-24-32(51-53-55)28-59-34-8-12-36-30(22-34)6-10-40-38(36)18-20-49(4)42(40)14-16-46(49)57/h7-8,11-12,21-24,37-46,56-57H,5-6,9-10,13-20,25-28H2,1-4H3/t37-,38-,39-,40-,41+,42+,43+,44+,45+,46+,48+,49+/m1/s1. The number of aliphatic hydroxyl groups is 2. The molecular formula is C49H64N6O6. The van der Waals surface area contributed by atoms with Crippen LogP contribution < -0.4 is 9.47 Å². The molecule has 0 amide bonds. The fourth-order valence-corrected chi connectivity index (χ4v) is 14.1. The van der Waals surface area contributed by atoms with Gasteiger partial charge >= 0.3 is 0 Å². The molecule has 0 bridgehead atoms. The third-order valence-corrected chi connectivity index (χ3v) is 17.3. The number of rotatable bonds is 10. The van der Waals surface area contributed by atoms with Gasteiger partial charge in [0.25, 0.3) is 0 Å². The summed E-state index contributed by atoms with van der Waals surface area (Å²) in [4.78, 5) is 0. The zero-order chi connectivity index (χ0) is 41.7. The highest BCUT2D eigenvalue weighted by atomic mass is 16.8. The maximum absolute atomic E-state index is 10.8. The first kappa shape index (κ1) is 40.0. The minimum absolute atomic E-state index is 0.0976. The van der Waals surface area contributed by atoms with E-state index in [1.807, 2.05) is 35.6 Å². The first-order valence-corrected chi connectivity index (χ1v) is 23.4. The van der Waals surface area contributed by atoms with Crippen LogP contribution in [0.3, 0.4) is 0 Å². The van der Waals surface area contributed by atoms with Crippen molar-refractivity contribution < 1.29 is 29.2 Å². The molecule has 0 unspecified atom stereocenters. The average Bonchev–Trinajstić information content (AvgIpc) is 4.08. The molecule has 3 heterocycles. The number of aliphatic hydroxyl groups excluding tert-OH is 2. The number of aryl methyl sites for hydroxylation is 2. The Morgan fingerprint density at radius 2 is 1.08 bits per heavy atom. The van der Waals surface area contributed by atoms with Crippen molar-refractivity contribution >= 4 is 0 Å². The van der Waals surface area contributed by atoms with Gasteiger partial charge in [-0.05, 0) is 184 Å². The molecule has 4 aromatic rings. The second kappa shape index (κ2) is 15.2. The molecular weight excluding hydrogens is 769 g/mol. The number of fused-ring (bicyclic) bond motifs is 10. The summed E-state index contributed by atoms with van der Waals surface area (Å²) >= 11 is 0. The van der Waals surface area contributed by atoms with Crippen molar-refractivity contribution in [1.29, 1.82) is 0 Å². The summed E-state index contributed by atoms with van der Waals surface area (Å²) < 4.78 is 28.9. The molecule has 326 valence electrons. The van der Waals surface area contributed by atoms with E-state index in [-0.39, 0.29) is 35.2 Å². The first-order chi connectivity index (χ1) is 29.4.